The Hall–Kier alpha value is -4.32. The van der Waals surface area contributed by atoms with Gasteiger partial charge >= 0.3 is 6.18 Å². The van der Waals surface area contributed by atoms with Crippen molar-refractivity contribution in [3.63, 3.8) is 0 Å². The van der Waals surface area contributed by atoms with Crippen LogP contribution in [0, 0.1) is 17.5 Å². The predicted molar refractivity (Wildman–Crippen MR) is 145 cm³/mol. The van der Waals surface area contributed by atoms with Gasteiger partial charge in [-0.05, 0) is 67.8 Å². The maximum atomic E-state index is 14.3. The Kier molecular flexibility index (Phi) is 8.50. The van der Waals surface area contributed by atoms with Crippen LogP contribution in [0.4, 0.5) is 26.3 Å². The first-order valence-corrected chi connectivity index (χ1v) is 13.5. The molecule has 1 aliphatic rings. The van der Waals surface area contributed by atoms with Gasteiger partial charge in [0.1, 0.15) is 17.5 Å². The van der Waals surface area contributed by atoms with Crippen LogP contribution >= 0.6 is 0 Å². The molecule has 12 heteroatoms. The molecule has 2 aromatic heterocycles. The highest BCUT2D eigenvalue weighted by Crippen LogP contribution is 2.36. The monoisotopic (exact) mass is 600 g/mol. The zero-order chi connectivity index (χ0) is 30.9. The molecule has 0 radical (unpaired) electrons. The van der Waals surface area contributed by atoms with Crippen molar-refractivity contribution >= 4 is 11.6 Å². The van der Waals surface area contributed by atoms with Gasteiger partial charge < -0.3 is 5.32 Å². The highest BCUT2D eigenvalue weighted by Gasteiger charge is 2.39. The van der Waals surface area contributed by atoms with E-state index >= 15 is 0 Å². The molecule has 2 aromatic carbocycles. The topological polar surface area (TPSA) is 76.9 Å². The fourth-order valence-corrected chi connectivity index (χ4v) is 5.51. The largest absolute Gasteiger partial charge is 0.435 e. The number of hydrogen-bond acceptors (Lipinski definition) is 5. The lowest BCUT2D eigenvalue weighted by Crippen LogP contribution is -2.27. The van der Waals surface area contributed by atoms with Crippen molar-refractivity contribution < 1.29 is 35.9 Å². The average Bonchev–Trinajstić information content (AvgIpc) is 3.31. The van der Waals surface area contributed by atoms with Gasteiger partial charge in [-0.25, -0.2) is 13.2 Å². The summed E-state index contributed by atoms with van der Waals surface area (Å²) in [6.45, 7) is 1.23. The van der Waals surface area contributed by atoms with Crippen LogP contribution in [-0.2, 0) is 36.9 Å². The Balaban J connectivity index is 1.52. The van der Waals surface area contributed by atoms with Gasteiger partial charge in [0.25, 0.3) is 0 Å². The molecule has 6 nitrogen and oxygen atoms in total. The summed E-state index contributed by atoms with van der Waals surface area (Å²) in [7, 11) is 0. The van der Waals surface area contributed by atoms with Crippen LogP contribution < -0.4 is 5.32 Å². The van der Waals surface area contributed by atoms with E-state index in [1.54, 1.807) is 12.1 Å². The molecule has 0 amide bonds. The van der Waals surface area contributed by atoms with E-state index < -0.39 is 53.4 Å². The van der Waals surface area contributed by atoms with E-state index in [0.717, 1.165) is 22.9 Å². The Morgan fingerprint density at radius 3 is 2.49 bits per heavy atom. The van der Waals surface area contributed by atoms with Crippen molar-refractivity contribution in [2.24, 2.45) is 0 Å². The van der Waals surface area contributed by atoms with Gasteiger partial charge in [-0.15, -0.1) is 0 Å². The first kappa shape index (κ1) is 30.1. The molecule has 43 heavy (non-hydrogen) atoms. The molecule has 0 saturated heterocycles. The molecule has 0 aliphatic carbocycles. The number of aromatic nitrogens is 3. The molecule has 4 aromatic rings. The van der Waals surface area contributed by atoms with Crippen LogP contribution in [0.5, 0.6) is 0 Å². The number of benzene rings is 2. The van der Waals surface area contributed by atoms with Gasteiger partial charge in [-0.2, -0.15) is 18.3 Å². The second kappa shape index (κ2) is 12.1. The first-order chi connectivity index (χ1) is 20.4. The second-order valence-electron chi connectivity index (χ2n) is 10.5. The minimum Gasteiger partial charge on any atom is -0.311 e. The molecule has 0 bridgehead atoms. The number of carbonyl (C=O) groups excluding carboxylic acids is 2. The third-order valence-corrected chi connectivity index (χ3v) is 7.37. The van der Waals surface area contributed by atoms with Gasteiger partial charge in [-0.3, -0.25) is 19.3 Å². The van der Waals surface area contributed by atoms with Crippen LogP contribution in [0.2, 0.25) is 0 Å². The minimum absolute atomic E-state index is 0.0439. The van der Waals surface area contributed by atoms with Gasteiger partial charge in [0.2, 0.25) is 0 Å². The molecular weight excluding hydrogens is 574 g/mol. The summed E-state index contributed by atoms with van der Waals surface area (Å²) in [5, 5.41) is 6.74. The van der Waals surface area contributed by atoms with Crippen LogP contribution in [-0.4, -0.2) is 32.9 Å². The molecule has 0 saturated carbocycles. The van der Waals surface area contributed by atoms with E-state index in [0.29, 0.717) is 29.4 Å². The van der Waals surface area contributed by atoms with Gasteiger partial charge in [0, 0.05) is 42.3 Å². The zero-order valence-corrected chi connectivity index (χ0v) is 22.9. The summed E-state index contributed by atoms with van der Waals surface area (Å²) in [6, 6.07) is 10.2. The number of ketones is 2. The Bertz CT molecular complexity index is 1680. The Labute approximate surface area is 242 Å². The van der Waals surface area contributed by atoms with Crippen LogP contribution in [0.3, 0.4) is 0 Å². The molecule has 1 N–H and O–H groups in total. The molecule has 0 spiro atoms. The zero-order valence-electron chi connectivity index (χ0n) is 22.9. The van der Waals surface area contributed by atoms with Gasteiger partial charge in [0.05, 0.1) is 23.5 Å². The highest BCUT2D eigenvalue weighted by molar-refractivity contribution is 5.95. The van der Waals surface area contributed by atoms with Crippen molar-refractivity contribution in [2.45, 2.75) is 51.4 Å². The summed E-state index contributed by atoms with van der Waals surface area (Å²) < 4.78 is 84.6. The maximum absolute atomic E-state index is 14.3. The number of carbonyl (C=O) groups is 2. The molecule has 5 rings (SSSR count). The highest BCUT2D eigenvalue weighted by atomic mass is 19.4. The fourth-order valence-electron chi connectivity index (χ4n) is 5.51. The normalized spacial score (nSPS) is 13.9. The van der Waals surface area contributed by atoms with Gasteiger partial charge in [-0.1, -0.05) is 12.1 Å². The Morgan fingerprint density at radius 1 is 1.05 bits per heavy atom. The third kappa shape index (κ3) is 6.69. The number of alkyl halides is 3. The van der Waals surface area contributed by atoms with Crippen molar-refractivity contribution in [3.05, 3.63) is 106 Å². The average molecular weight is 601 g/mol. The lowest BCUT2D eigenvalue weighted by Gasteiger charge is -2.21. The van der Waals surface area contributed by atoms with E-state index in [-0.39, 0.29) is 48.2 Å². The first-order valence-electron chi connectivity index (χ1n) is 13.5. The third-order valence-electron chi connectivity index (χ3n) is 7.37. The van der Waals surface area contributed by atoms with Crippen LogP contribution in [0.25, 0.3) is 11.1 Å². The standard InChI is InChI=1S/C31H26F6N4O2/c1-17(42)26-13-19(4-5-27(26)34)24-3-2-7-39-29(24)20(9-18-10-21(32)14-22(33)11-18)12-23(43)16-41-28-15-38-8-6-25(28)30(40-41)31(35,36)37/h2-5,7,10-11,13-14,20,38H,6,8-9,12,15-16H2,1H3/t20-/m1/s1. The number of nitrogens with zero attached hydrogens (tertiary/aromatic N) is 3. The molecule has 1 aliphatic heterocycles. The maximum Gasteiger partial charge on any atom is 0.435 e. The van der Waals surface area contributed by atoms with Crippen molar-refractivity contribution in [1.29, 1.82) is 0 Å². The summed E-state index contributed by atoms with van der Waals surface area (Å²) in [4.78, 5) is 29.9. The van der Waals surface area contributed by atoms with E-state index in [4.69, 9.17) is 0 Å². The molecule has 3 heterocycles. The van der Waals surface area contributed by atoms with Crippen molar-refractivity contribution in [1.82, 2.24) is 20.1 Å². The van der Waals surface area contributed by atoms with Crippen molar-refractivity contribution in [3.8, 4) is 11.1 Å². The molecule has 0 fully saturated rings. The predicted octanol–water partition coefficient (Wildman–Crippen LogP) is 6.22. The number of hydrogen-bond donors (Lipinski definition) is 1. The number of fused-ring (bicyclic) bond motifs is 1. The van der Waals surface area contributed by atoms with Crippen LogP contribution in [0.1, 0.15) is 57.8 Å². The smallest absolute Gasteiger partial charge is 0.311 e. The van der Waals surface area contributed by atoms with E-state index in [9.17, 15) is 35.9 Å². The quantitative estimate of drug-likeness (QED) is 0.183. The van der Waals surface area contributed by atoms with Crippen molar-refractivity contribution in [2.75, 3.05) is 6.54 Å². The summed E-state index contributed by atoms with van der Waals surface area (Å²) in [6.07, 6.45) is -3.41. The number of Topliss-reactive ketones (excluding diaryl/α,β-unsaturated/α-hetero) is 2. The molecular formula is C31H26F6N4O2. The summed E-state index contributed by atoms with van der Waals surface area (Å²) >= 11 is 0. The van der Waals surface area contributed by atoms with Gasteiger partial charge in [0.15, 0.2) is 17.3 Å². The minimum atomic E-state index is -4.68. The SMILES string of the molecule is CC(=O)c1cc(-c2cccnc2[C@@H](CC(=O)Cn2nc(C(F)(F)F)c3c2CNCC3)Cc2cc(F)cc(F)c2)ccc1F. The summed E-state index contributed by atoms with van der Waals surface area (Å²) in [5.74, 6) is -4.11. The van der Waals surface area contributed by atoms with E-state index in [1.165, 1.54) is 25.3 Å². The lowest BCUT2D eigenvalue weighted by molar-refractivity contribution is -0.142. The number of rotatable bonds is 9. The molecule has 1 atom stereocenters. The number of nitrogens with one attached hydrogen (secondary N) is 1. The van der Waals surface area contributed by atoms with E-state index in [2.05, 4.69) is 15.4 Å². The second-order valence-corrected chi connectivity index (χ2v) is 10.5. The molecule has 224 valence electrons. The number of pyridine rings is 1. The summed E-state index contributed by atoms with van der Waals surface area (Å²) in [5.41, 5.74) is 0.613. The Morgan fingerprint density at radius 2 is 1.79 bits per heavy atom. The fraction of sp³-hybridized carbons (Fsp3) is 0.290. The molecule has 0 unspecified atom stereocenters. The number of halogens is 6. The van der Waals surface area contributed by atoms with E-state index in [1.807, 2.05) is 0 Å². The van der Waals surface area contributed by atoms with Crippen LogP contribution in [0.15, 0.2) is 54.7 Å². The lowest BCUT2D eigenvalue weighted by atomic mass is 9.86.